The highest BCUT2D eigenvalue weighted by Gasteiger charge is 2.19. The van der Waals surface area contributed by atoms with Gasteiger partial charge in [-0.05, 0) is 61.9 Å². The molecule has 1 N–H and O–H groups in total. The van der Waals surface area contributed by atoms with Gasteiger partial charge in [-0.25, -0.2) is 0 Å². The largest absolute Gasteiger partial charge is 0.369 e. The molecule has 27 heavy (non-hydrogen) atoms. The Morgan fingerprint density at radius 2 is 1.70 bits per heavy atom. The number of halogens is 1. The Morgan fingerprint density at radius 1 is 1.04 bits per heavy atom. The van der Waals surface area contributed by atoms with E-state index in [1.54, 1.807) is 13.0 Å². The van der Waals surface area contributed by atoms with E-state index in [0.29, 0.717) is 11.6 Å². The van der Waals surface area contributed by atoms with Crippen LogP contribution < -0.4 is 10.2 Å². The van der Waals surface area contributed by atoms with Crippen molar-refractivity contribution in [1.29, 1.82) is 0 Å². The number of hydrogen-bond donors (Lipinski definition) is 1. The van der Waals surface area contributed by atoms with Crippen LogP contribution in [0.1, 0.15) is 22.8 Å². The van der Waals surface area contributed by atoms with Gasteiger partial charge in [-0.1, -0.05) is 11.6 Å². The zero-order valence-corrected chi connectivity index (χ0v) is 16.4. The topological polar surface area (TPSA) is 52.7 Å². The zero-order chi connectivity index (χ0) is 19.4. The summed E-state index contributed by atoms with van der Waals surface area (Å²) in [6.45, 7) is 7.23. The molecule has 142 valence electrons. The summed E-state index contributed by atoms with van der Waals surface area (Å²) in [5.74, 6) is 0.0630. The molecule has 0 aliphatic carbocycles. The van der Waals surface area contributed by atoms with Crippen LogP contribution in [0.25, 0.3) is 0 Å². The van der Waals surface area contributed by atoms with Gasteiger partial charge in [0.2, 0.25) is 5.91 Å². The molecule has 0 spiro atoms. The number of aryl methyl sites for hydroxylation is 1. The molecule has 0 bridgehead atoms. The molecular weight excluding hydrogens is 362 g/mol. The summed E-state index contributed by atoms with van der Waals surface area (Å²) < 4.78 is 0. The number of Topliss-reactive ketones (excluding diaryl/α,β-unsaturated/α-hetero) is 1. The summed E-state index contributed by atoms with van der Waals surface area (Å²) in [4.78, 5) is 28.2. The summed E-state index contributed by atoms with van der Waals surface area (Å²) in [5.41, 5.74) is 3.59. The molecule has 0 unspecified atom stereocenters. The molecule has 0 radical (unpaired) electrons. The first-order valence-electron chi connectivity index (χ1n) is 9.06. The van der Waals surface area contributed by atoms with E-state index in [9.17, 15) is 9.59 Å². The lowest BCUT2D eigenvalue weighted by Crippen LogP contribution is -2.48. The number of nitrogens with zero attached hydrogens (tertiary/aromatic N) is 2. The number of piperazine rings is 1. The van der Waals surface area contributed by atoms with Crippen molar-refractivity contribution in [3.8, 4) is 0 Å². The van der Waals surface area contributed by atoms with Gasteiger partial charge in [0, 0.05) is 48.1 Å². The Labute approximate surface area is 164 Å². The highest BCUT2D eigenvalue weighted by atomic mass is 35.5. The average Bonchev–Trinajstić information content (AvgIpc) is 2.65. The Balaban J connectivity index is 1.50. The van der Waals surface area contributed by atoms with Crippen molar-refractivity contribution in [1.82, 2.24) is 4.90 Å². The van der Waals surface area contributed by atoms with Crippen LogP contribution in [0, 0.1) is 6.92 Å². The van der Waals surface area contributed by atoms with Crippen molar-refractivity contribution >= 4 is 34.7 Å². The van der Waals surface area contributed by atoms with Crippen LogP contribution in [-0.2, 0) is 4.79 Å². The first kappa shape index (κ1) is 19.4. The minimum Gasteiger partial charge on any atom is -0.369 e. The fraction of sp³-hybridized carbons (Fsp3) is 0.333. The molecule has 1 fully saturated rings. The maximum atomic E-state index is 12.3. The van der Waals surface area contributed by atoms with Crippen LogP contribution in [0.3, 0.4) is 0 Å². The predicted molar refractivity (Wildman–Crippen MR) is 110 cm³/mol. The fourth-order valence-corrected chi connectivity index (χ4v) is 3.46. The first-order valence-corrected chi connectivity index (χ1v) is 9.44. The normalized spacial score (nSPS) is 14.9. The van der Waals surface area contributed by atoms with Gasteiger partial charge in [0.05, 0.1) is 6.54 Å². The van der Waals surface area contributed by atoms with E-state index in [1.165, 1.54) is 0 Å². The van der Waals surface area contributed by atoms with E-state index in [1.807, 2.05) is 43.3 Å². The van der Waals surface area contributed by atoms with Gasteiger partial charge in [-0.3, -0.25) is 14.5 Å². The Morgan fingerprint density at radius 3 is 2.30 bits per heavy atom. The standard InChI is InChI=1S/C21H24ClN3O2/c1-15-13-18(22)5-8-20(15)23-21(27)14-24-9-11-25(12-10-24)19-6-3-17(4-7-19)16(2)26/h3-8,13H,9-12,14H2,1-2H3,(H,23,27). The molecule has 2 aromatic rings. The maximum absolute atomic E-state index is 12.3. The molecule has 0 aromatic heterocycles. The monoisotopic (exact) mass is 385 g/mol. The van der Waals surface area contributed by atoms with E-state index in [4.69, 9.17) is 11.6 Å². The SMILES string of the molecule is CC(=O)c1ccc(N2CCN(CC(=O)Nc3ccc(Cl)cc3C)CC2)cc1. The van der Waals surface area contributed by atoms with Crippen molar-refractivity contribution in [2.24, 2.45) is 0 Å². The van der Waals surface area contributed by atoms with Crippen LogP contribution in [0.5, 0.6) is 0 Å². The first-order chi connectivity index (χ1) is 12.9. The molecule has 1 aliphatic rings. The van der Waals surface area contributed by atoms with Gasteiger partial charge in [0.15, 0.2) is 5.78 Å². The third kappa shape index (κ3) is 5.08. The number of hydrogen-bond acceptors (Lipinski definition) is 4. The van der Waals surface area contributed by atoms with Crippen molar-refractivity contribution in [2.75, 3.05) is 42.9 Å². The Bertz CT molecular complexity index is 828. The maximum Gasteiger partial charge on any atom is 0.238 e. The minimum atomic E-state index is -0.0142. The number of anilines is 2. The number of nitrogens with one attached hydrogen (secondary N) is 1. The van der Waals surface area contributed by atoms with E-state index in [-0.39, 0.29) is 11.7 Å². The van der Waals surface area contributed by atoms with Crippen LogP contribution in [0.4, 0.5) is 11.4 Å². The molecule has 5 nitrogen and oxygen atoms in total. The number of amides is 1. The average molecular weight is 386 g/mol. The molecule has 2 aromatic carbocycles. The van der Waals surface area contributed by atoms with E-state index in [2.05, 4.69) is 15.1 Å². The lowest BCUT2D eigenvalue weighted by Gasteiger charge is -2.35. The summed E-state index contributed by atoms with van der Waals surface area (Å²) in [6, 6.07) is 13.2. The highest BCUT2D eigenvalue weighted by Crippen LogP contribution is 2.20. The van der Waals surface area contributed by atoms with Crippen LogP contribution in [-0.4, -0.2) is 49.3 Å². The quantitative estimate of drug-likeness (QED) is 0.799. The smallest absolute Gasteiger partial charge is 0.238 e. The number of carbonyl (C=O) groups is 2. The van der Waals surface area contributed by atoms with E-state index in [0.717, 1.165) is 48.7 Å². The van der Waals surface area contributed by atoms with Gasteiger partial charge >= 0.3 is 0 Å². The van der Waals surface area contributed by atoms with Crippen molar-refractivity contribution < 1.29 is 9.59 Å². The van der Waals surface area contributed by atoms with Crippen molar-refractivity contribution in [3.63, 3.8) is 0 Å². The third-order valence-corrected chi connectivity index (χ3v) is 5.08. The lowest BCUT2D eigenvalue weighted by molar-refractivity contribution is -0.117. The second-order valence-corrected chi connectivity index (χ2v) is 7.31. The predicted octanol–water partition coefficient (Wildman–Crippen LogP) is 3.61. The van der Waals surface area contributed by atoms with Crippen LogP contribution >= 0.6 is 11.6 Å². The molecule has 0 atom stereocenters. The van der Waals surface area contributed by atoms with Crippen LogP contribution in [0.15, 0.2) is 42.5 Å². The fourth-order valence-electron chi connectivity index (χ4n) is 3.23. The zero-order valence-electron chi connectivity index (χ0n) is 15.7. The van der Waals surface area contributed by atoms with Gasteiger partial charge in [0.1, 0.15) is 0 Å². The molecule has 1 aliphatic heterocycles. The summed E-state index contributed by atoms with van der Waals surface area (Å²) >= 11 is 5.96. The van der Waals surface area contributed by atoms with Crippen molar-refractivity contribution in [2.45, 2.75) is 13.8 Å². The second kappa shape index (κ2) is 8.55. The number of rotatable bonds is 5. The minimum absolute atomic E-state index is 0.0142. The third-order valence-electron chi connectivity index (χ3n) is 4.84. The van der Waals surface area contributed by atoms with Gasteiger partial charge in [0.25, 0.3) is 0 Å². The van der Waals surface area contributed by atoms with Crippen LogP contribution in [0.2, 0.25) is 5.02 Å². The Kier molecular flexibility index (Phi) is 6.14. The number of ketones is 1. The molecule has 3 rings (SSSR count). The molecule has 1 heterocycles. The molecule has 1 amide bonds. The van der Waals surface area contributed by atoms with E-state index < -0.39 is 0 Å². The summed E-state index contributed by atoms with van der Waals surface area (Å²) in [5, 5.41) is 3.62. The highest BCUT2D eigenvalue weighted by molar-refractivity contribution is 6.30. The molecule has 0 saturated carbocycles. The summed E-state index contributed by atoms with van der Waals surface area (Å²) in [7, 11) is 0. The Hall–Kier alpha value is -2.37. The van der Waals surface area contributed by atoms with Crippen molar-refractivity contribution in [3.05, 3.63) is 58.6 Å². The van der Waals surface area contributed by atoms with E-state index >= 15 is 0 Å². The molecule has 6 heteroatoms. The molecular formula is C21H24ClN3O2. The summed E-state index contributed by atoms with van der Waals surface area (Å²) in [6.07, 6.45) is 0. The van der Waals surface area contributed by atoms with Gasteiger partial charge in [-0.2, -0.15) is 0 Å². The van der Waals surface area contributed by atoms with Gasteiger partial charge < -0.3 is 10.2 Å². The lowest BCUT2D eigenvalue weighted by atomic mass is 10.1. The molecule has 1 saturated heterocycles. The number of carbonyl (C=O) groups excluding carboxylic acids is 2. The van der Waals surface area contributed by atoms with Gasteiger partial charge in [-0.15, -0.1) is 0 Å². The second-order valence-electron chi connectivity index (χ2n) is 6.87. The number of benzene rings is 2.